The number of aromatic amines is 1. The maximum absolute atomic E-state index is 11.8. The average Bonchev–Trinajstić information content (AvgIpc) is 2.62. The fourth-order valence-electron chi connectivity index (χ4n) is 2.53. The number of anilines is 1. The van der Waals surface area contributed by atoms with E-state index in [2.05, 4.69) is 21.8 Å². The summed E-state index contributed by atoms with van der Waals surface area (Å²) >= 11 is 0. The Kier molecular flexibility index (Phi) is 3.21. The summed E-state index contributed by atoms with van der Waals surface area (Å²) < 4.78 is 5.65. The lowest BCUT2D eigenvalue weighted by Crippen LogP contribution is -2.31. The van der Waals surface area contributed by atoms with Gasteiger partial charge in [-0.05, 0) is 25.5 Å². The SMILES string of the molecule is CC1CN(c2cc(=O)[nH]c3cccnc23)CCCO1. The summed E-state index contributed by atoms with van der Waals surface area (Å²) in [6.45, 7) is 4.50. The molecule has 5 nitrogen and oxygen atoms in total. The van der Waals surface area contributed by atoms with Gasteiger partial charge in [-0.3, -0.25) is 9.78 Å². The molecule has 1 unspecified atom stereocenters. The lowest BCUT2D eigenvalue weighted by molar-refractivity contribution is 0.0821. The van der Waals surface area contributed by atoms with E-state index in [0.29, 0.717) is 0 Å². The normalized spacial score (nSPS) is 20.5. The van der Waals surface area contributed by atoms with Crippen molar-refractivity contribution < 1.29 is 4.74 Å². The summed E-state index contributed by atoms with van der Waals surface area (Å²) in [5.41, 5.74) is 2.43. The van der Waals surface area contributed by atoms with E-state index in [4.69, 9.17) is 4.74 Å². The molecule has 1 fully saturated rings. The number of nitrogens with one attached hydrogen (secondary N) is 1. The third kappa shape index (κ3) is 2.46. The molecule has 0 saturated carbocycles. The number of fused-ring (bicyclic) bond motifs is 1. The van der Waals surface area contributed by atoms with Crippen molar-refractivity contribution in [2.75, 3.05) is 24.6 Å². The third-order valence-electron chi connectivity index (χ3n) is 3.37. The molecule has 0 amide bonds. The molecule has 2 aromatic rings. The van der Waals surface area contributed by atoms with Gasteiger partial charge < -0.3 is 14.6 Å². The fraction of sp³-hybridized carbons (Fsp3) is 0.429. The predicted octanol–water partition coefficient (Wildman–Crippen LogP) is 1.54. The van der Waals surface area contributed by atoms with Gasteiger partial charge in [0.1, 0.15) is 5.52 Å². The summed E-state index contributed by atoms with van der Waals surface area (Å²) in [5.74, 6) is 0. The van der Waals surface area contributed by atoms with Crippen LogP contribution in [-0.2, 0) is 4.74 Å². The first-order valence-corrected chi connectivity index (χ1v) is 6.58. The largest absolute Gasteiger partial charge is 0.377 e. The minimum Gasteiger partial charge on any atom is -0.377 e. The second kappa shape index (κ2) is 5.01. The van der Waals surface area contributed by atoms with Crippen LogP contribution in [0.15, 0.2) is 29.2 Å². The van der Waals surface area contributed by atoms with Crippen LogP contribution in [0.2, 0.25) is 0 Å². The quantitative estimate of drug-likeness (QED) is 0.844. The first-order chi connectivity index (χ1) is 9.24. The molecule has 19 heavy (non-hydrogen) atoms. The Hall–Kier alpha value is -1.88. The van der Waals surface area contributed by atoms with Gasteiger partial charge in [0, 0.05) is 32.0 Å². The van der Waals surface area contributed by atoms with E-state index < -0.39 is 0 Å². The number of hydrogen-bond donors (Lipinski definition) is 1. The first kappa shape index (κ1) is 12.2. The lowest BCUT2D eigenvalue weighted by atomic mass is 10.2. The molecule has 1 aliphatic heterocycles. The van der Waals surface area contributed by atoms with E-state index in [1.54, 1.807) is 12.3 Å². The lowest BCUT2D eigenvalue weighted by Gasteiger charge is -2.24. The van der Waals surface area contributed by atoms with E-state index in [-0.39, 0.29) is 11.7 Å². The summed E-state index contributed by atoms with van der Waals surface area (Å²) in [5, 5.41) is 0. The van der Waals surface area contributed by atoms with Crippen molar-refractivity contribution in [3.8, 4) is 0 Å². The van der Waals surface area contributed by atoms with Crippen LogP contribution in [0.1, 0.15) is 13.3 Å². The van der Waals surface area contributed by atoms with E-state index >= 15 is 0 Å². The molecule has 100 valence electrons. The predicted molar refractivity (Wildman–Crippen MR) is 74.6 cm³/mol. The summed E-state index contributed by atoms with van der Waals surface area (Å²) in [4.78, 5) is 21.2. The molecule has 3 rings (SSSR count). The van der Waals surface area contributed by atoms with Crippen molar-refractivity contribution >= 4 is 16.7 Å². The molecule has 0 radical (unpaired) electrons. The van der Waals surface area contributed by atoms with Crippen LogP contribution >= 0.6 is 0 Å². The second-order valence-electron chi connectivity index (χ2n) is 4.90. The van der Waals surface area contributed by atoms with Crippen LogP contribution in [0.3, 0.4) is 0 Å². The molecular formula is C14H17N3O2. The van der Waals surface area contributed by atoms with Gasteiger partial charge in [0.2, 0.25) is 0 Å². The van der Waals surface area contributed by atoms with Crippen molar-refractivity contribution in [3.63, 3.8) is 0 Å². The molecule has 1 saturated heterocycles. The minimum atomic E-state index is -0.0895. The van der Waals surface area contributed by atoms with Crippen molar-refractivity contribution in [1.29, 1.82) is 0 Å². The molecule has 3 heterocycles. The number of aromatic nitrogens is 2. The highest BCUT2D eigenvalue weighted by molar-refractivity contribution is 5.87. The Morgan fingerprint density at radius 2 is 2.42 bits per heavy atom. The van der Waals surface area contributed by atoms with Crippen LogP contribution in [0, 0.1) is 0 Å². The number of ether oxygens (including phenoxy) is 1. The van der Waals surface area contributed by atoms with E-state index in [1.807, 2.05) is 12.1 Å². The summed E-state index contributed by atoms with van der Waals surface area (Å²) in [6, 6.07) is 5.34. The monoisotopic (exact) mass is 259 g/mol. The highest BCUT2D eigenvalue weighted by Crippen LogP contribution is 2.23. The highest BCUT2D eigenvalue weighted by atomic mass is 16.5. The topological polar surface area (TPSA) is 58.2 Å². The van der Waals surface area contributed by atoms with E-state index in [9.17, 15) is 4.79 Å². The number of nitrogens with zero attached hydrogens (tertiary/aromatic N) is 2. The summed E-state index contributed by atoms with van der Waals surface area (Å²) in [7, 11) is 0. The van der Waals surface area contributed by atoms with E-state index in [0.717, 1.165) is 42.8 Å². The number of H-pyrrole nitrogens is 1. The van der Waals surface area contributed by atoms with Crippen LogP contribution in [0.25, 0.3) is 11.0 Å². The van der Waals surface area contributed by atoms with Gasteiger partial charge in [-0.2, -0.15) is 0 Å². The standard InChI is InChI=1S/C14H17N3O2/c1-10-9-17(6-3-7-19-10)12-8-13(18)16-11-4-2-5-15-14(11)12/h2,4-5,8,10H,3,6-7,9H2,1H3,(H,16,18). The third-order valence-corrected chi connectivity index (χ3v) is 3.37. The highest BCUT2D eigenvalue weighted by Gasteiger charge is 2.18. The van der Waals surface area contributed by atoms with E-state index in [1.165, 1.54) is 0 Å². The molecule has 5 heteroatoms. The minimum absolute atomic E-state index is 0.0895. The molecule has 2 aromatic heterocycles. The number of hydrogen-bond acceptors (Lipinski definition) is 4. The Morgan fingerprint density at radius 1 is 1.53 bits per heavy atom. The van der Waals surface area contributed by atoms with Gasteiger partial charge in [-0.1, -0.05) is 0 Å². The van der Waals surface area contributed by atoms with Crippen LogP contribution in [0.4, 0.5) is 5.69 Å². The fourth-order valence-corrected chi connectivity index (χ4v) is 2.53. The maximum atomic E-state index is 11.8. The zero-order valence-corrected chi connectivity index (χ0v) is 10.9. The van der Waals surface area contributed by atoms with Gasteiger partial charge in [-0.15, -0.1) is 0 Å². The second-order valence-corrected chi connectivity index (χ2v) is 4.90. The number of pyridine rings is 2. The molecule has 1 N–H and O–H groups in total. The Balaban J connectivity index is 2.10. The van der Waals surface area contributed by atoms with Gasteiger partial charge in [0.05, 0.1) is 17.3 Å². The molecule has 0 aromatic carbocycles. The van der Waals surface area contributed by atoms with Gasteiger partial charge in [0.15, 0.2) is 0 Å². The van der Waals surface area contributed by atoms with Crippen LogP contribution in [-0.4, -0.2) is 35.8 Å². The Labute approximate surface area is 111 Å². The average molecular weight is 259 g/mol. The van der Waals surface area contributed by atoms with Crippen molar-refractivity contribution in [3.05, 3.63) is 34.7 Å². The summed E-state index contributed by atoms with van der Waals surface area (Å²) in [6.07, 6.45) is 2.88. The van der Waals surface area contributed by atoms with Crippen molar-refractivity contribution in [2.24, 2.45) is 0 Å². The molecule has 0 aliphatic carbocycles. The Bertz CT molecular complexity index is 638. The van der Waals surface area contributed by atoms with Crippen LogP contribution < -0.4 is 10.5 Å². The smallest absolute Gasteiger partial charge is 0.250 e. The van der Waals surface area contributed by atoms with Crippen molar-refractivity contribution in [1.82, 2.24) is 9.97 Å². The van der Waals surface area contributed by atoms with Crippen molar-refractivity contribution in [2.45, 2.75) is 19.4 Å². The van der Waals surface area contributed by atoms with Gasteiger partial charge >= 0.3 is 0 Å². The molecule has 1 aliphatic rings. The number of rotatable bonds is 1. The first-order valence-electron chi connectivity index (χ1n) is 6.58. The van der Waals surface area contributed by atoms with Gasteiger partial charge in [0.25, 0.3) is 5.56 Å². The molecule has 0 spiro atoms. The zero-order valence-electron chi connectivity index (χ0n) is 10.9. The molecule has 0 bridgehead atoms. The van der Waals surface area contributed by atoms with Crippen LogP contribution in [0.5, 0.6) is 0 Å². The molecule has 1 atom stereocenters. The molecular weight excluding hydrogens is 242 g/mol. The van der Waals surface area contributed by atoms with Gasteiger partial charge in [-0.25, -0.2) is 0 Å². The maximum Gasteiger partial charge on any atom is 0.250 e. The Morgan fingerprint density at radius 3 is 3.32 bits per heavy atom. The zero-order chi connectivity index (χ0) is 13.2.